The Hall–Kier alpha value is -0.940. The first-order valence-corrected chi connectivity index (χ1v) is 6.96. The van der Waals surface area contributed by atoms with Gasteiger partial charge in [0.05, 0.1) is 12.1 Å². The molecule has 104 valence electrons. The normalized spacial score (nSPS) is 21.3. The van der Waals surface area contributed by atoms with Gasteiger partial charge in [0.1, 0.15) is 0 Å². The quantitative estimate of drug-likeness (QED) is 0.608. The van der Waals surface area contributed by atoms with Crippen LogP contribution >= 0.6 is 0 Å². The molecule has 18 heavy (non-hydrogen) atoms. The Morgan fingerprint density at radius 3 is 2.67 bits per heavy atom. The van der Waals surface area contributed by atoms with Gasteiger partial charge in [-0.1, -0.05) is 20.3 Å². The molecule has 1 unspecified atom stereocenters. The Morgan fingerprint density at radius 1 is 1.33 bits per heavy atom. The Bertz CT molecular complexity index is 275. The van der Waals surface area contributed by atoms with Crippen LogP contribution in [0.15, 0.2) is 0 Å². The van der Waals surface area contributed by atoms with Crippen molar-refractivity contribution in [3.8, 4) is 0 Å². The molecule has 0 aromatic rings. The third kappa shape index (κ3) is 4.74. The number of rotatable bonds is 7. The smallest absolute Gasteiger partial charge is 0.237 e. The molecule has 1 aliphatic rings. The van der Waals surface area contributed by atoms with Crippen LogP contribution in [0.5, 0.6) is 0 Å². The molecule has 0 bridgehead atoms. The molecule has 1 fully saturated rings. The lowest BCUT2D eigenvalue weighted by molar-refractivity contribution is -0.124. The van der Waals surface area contributed by atoms with Crippen LogP contribution in [0.25, 0.3) is 0 Å². The van der Waals surface area contributed by atoms with Crippen LogP contribution in [0.1, 0.15) is 39.5 Å². The summed E-state index contributed by atoms with van der Waals surface area (Å²) in [7, 11) is 0. The van der Waals surface area contributed by atoms with Crippen LogP contribution < -0.4 is 16.0 Å². The summed E-state index contributed by atoms with van der Waals surface area (Å²) < 4.78 is 0. The second kappa shape index (κ2) is 8.21. The molecular weight excluding hydrogens is 230 g/mol. The number of carbonyl (C=O) groups is 2. The van der Waals surface area contributed by atoms with Gasteiger partial charge in [-0.3, -0.25) is 9.59 Å². The highest BCUT2D eigenvalue weighted by molar-refractivity contribution is 5.86. The number of hydrogen-bond donors (Lipinski definition) is 3. The van der Waals surface area contributed by atoms with Crippen LogP contribution in [-0.2, 0) is 9.59 Å². The van der Waals surface area contributed by atoms with E-state index in [9.17, 15) is 9.59 Å². The summed E-state index contributed by atoms with van der Waals surface area (Å²) in [6.45, 7) is 5.83. The molecule has 0 aromatic carbocycles. The summed E-state index contributed by atoms with van der Waals surface area (Å²) in [6.07, 6.45) is 3.61. The molecule has 1 rings (SSSR count). The fraction of sp³-hybridized carbons (Fsp3) is 0.846. The number of piperidine rings is 1. The standard InChI is InChI=1S/C13H25N3O2/c1-3-12(17)11(14-4-2)9-16-13(18)10-7-5-6-8-15-10/h10-11,14-15H,3-9H2,1-2H3,(H,16,18)/t10?,11-/m0/s1. The zero-order valence-corrected chi connectivity index (χ0v) is 11.4. The minimum atomic E-state index is -0.257. The van der Waals surface area contributed by atoms with Crippen LogP contribution in [0.3, 0.4) is 0 Å². The zero-order chi connectivity index (χ0) is 13.4. The van der Waals surface area contributed by atoms with E-state index in [1.54, 1.807) is 0 Å². The van der Waals surface area contributed by atoms with Crippen molar-refractivity contribution >= 4 is 11.7 Å². The minimum Gasteiger partial charge on any atom is -0.353 e. The molecule has 1 heterocycles. The number of amides is 1. The molecule has 0 radical (unpaired) electrons. The molecule has 0 aromatic heterocycles. The molecule has 1 amide bonds. The number of carbonyl (C=O) groups excluding carboxylic acids is 2. The van der Waals surface area contributed by atoms with E-state index in [0.717, 1.165) is 32.4 Å². The average Bonchev–Trinajstić information content (AvgIpc) is 2.43. The molecule has 5 heteroatoms. The highest BCUT2D eigenvalue weighted by Crippen LogP contribution is 2.06. The number of likely N-dealkylation sites (N-methyl/N-ethyl adjacent to an activating group) is 1. The Balaban J connectivity index is 2.35. The SMILES string of the molecule is CCN[C@@H](CNC(=O)C1CCCCN1)C(=O)CC. The summed E-state index contributed by atoms with van der Waals surface area (Å²) in [6, 6.07) is -0.342. The summed E-state index contributed by atoms with van der Waals surface area (Å²) in [4.78, 5) is 23.6. The summed E-state index contributed by atoms with van der Waals surface area (Å²) >= 11 is 0. The lowest BCUT2D eigenvalue weighted by Gasteiger charge is -2.24. The Kier molecular flexibility index (Phi) is 6.90. The van der Waals surface area contributed by atoms with Gasteiger partial charge >= 0.3 is 0 Å². The molecule has 0 aliphatic carbocycles. The summed E-state index contributed by atoms with van der Waals surface area (Å²) in [5.74, 6) is 0.162. The molecular formula is C13H25N3O2. The maximum atomic E-state index is 11.9. The van der Waals surface area contributed by atoms with Crippen molar-refractivity contribution in [1.82, 2.24) is 16.0 Å². The zero-order valence-electron chi connectivity index (χ0n) is 11.4. The van der Waals surface area contributed by atoms with Crippen molar-refractivity contribution in [3.05, 3.63) is 0 Å². The highest BCUT2D eigenvalue weighted by Gasteiger charge is 2.22. The van der Waals surface area contributed by atoms with Gasteiger partial charge in [0, 0.05) is 13.0 Å². The van der Waals surface area contributed by atoms with Crippen LogP contribution in [-0.4, -0.2) is 43.4 Å². The molecule has 0 spiro atoms. The van der Waals surface area contributed by atoms with E-state index in [1.165, 1.54) is 0 Å². The van der Waals surface area contributed by atoms with Gasteiger partial charge in [0.2, 0.25) is 5.91 Å². The van der Waals surface area contributed by atoms with Gasteiger partial charge < -0.3 is 16.0 Å². The molecule has 0 saturated carbocycles. The minimum absolute atomic E-state index is 0.0153. The Morgan fingerprint density at radius 2 is 2.11 bits per heavy atom. The van der Waals surface area contributed by atoms with Crippen molar-refractivity contribution in [2.24, 2.45) is 0 Å². The van der Waals surface area contributed by atoms with Crippen molar-refractivity contribution in [3.63, 3.8) is 0 Å². The van der Waals surface area contributed by atoms with E-state index in [0.29, 0.717) is 13.0 Å². The first-order valence-electron chi connectivity index (χ1n) is 6.96. The van der Waals surface area contributed by atoms with E-state index >= 15 is 0 Å². The topological polar surface area (TPSA) is 70.2 Å². The highest BCUT2D eigenvalue weighted by atomic mass is 16.2. The predicted octanol–water partition coefficient (Wildman–Crippen LogP) is 0.202. The van der Waals surface area contributed by atoms with Gasteiger partial charge in [0.15, 0.2) is 5.78 Å². The van der Waals surface area contributed by atoms with Crippen molar-refractivity contribution in [1.29, 1.82) is 0 Å². The fourth-order valence-electron chi connectivity index (χ4n) is 2.19. The maximum Gasteiger partial charge on any atom is 0.237 e. The number of ketones is 1. The monoisotopic (exact) mass is 255 g/mol. The second-order valence-electron chi connectivity index (χ2n) is 4.68. The van der Waals surface area contributed by atoms with E-state index in [1.807, 2.05) is 13.8 Å². The molecule has 5 nitrogen and oxygen atoms in total. The third-order valence-electron chi connectivity index (χ3n) is 3.29. The van der Waals surface area contributed by atoms with Crippen molar-refractivity contribution in [2.45, 2.75) is 51.6 Å². The van der Waals surface area contributed by atoms with Gasteiger partial charge in [-0.05, 0) is 25.9 Å². The predicted molar refractivity (Wildman–Crippen MR) is 71.4 cm³/mol. The van der Waals surface area contributed by atoms with Crippen LogP contribution in [0.4, 0.5) is 0 Å². The van der Waals surface area contributed by atoms with E-state index in [4.69, 9.17) is 0 Å². The molecule has 1 saturated heterocycles. The van der Waals surface area contributed by atoms with Gasteiger partial charge in [0.25, 0.3) is 0 Å². The third-order valence-corrected chi connectivity index (χ3v) is 3.29. The second-order valence-corrected chi connectivity index (χ2v) is 4.68. The lowest BCUT2D eigenvalue weighted by Crippen LogP contribution is -2.51. The average molecular weight is 255 g/mol. The fourth-order valence-corrected chi connectivity index (χ4v) is 2.19. The van der Waals surface area contributed by atoms with Crippen molar-refractivity contribution in [2.75, 3.05) is 19.6 Å². The molecule has 1 aliphatic heterocycles. The van der Waals surface area contributed by atoms with Gasteiger partial charge in [-0.2, -0.15) is 0 Å². The number of nitrogens with one attached hydrogen (secondary N) is 3. The number of hydrogen-bond acceptors (Lipinski definition) is 4. The van der Waals surface area contributed by atoms with Gasteiger partial charge in [-0.25, -0.2) is 0 Å². The first-order chi connectivity index (χ1) is 8.69. The van der Waals surface area contributed by atoms with E-state index in [2.05, 4.69) is 16.0 Å². The maximum absolute atomic E-state index is 11.9. The summed E-state index contributed by atoms with van der Waals surface area (Å²) in [5.41, 5.74) is 0. The van der Waals surface area contributed by atoms with E-state index < -0.39 is 0 Å². The first kappa shape index (κ1) is 15.1. The Labute approximate surface area is 109 Å². The van der Waals surface area contributed by atoms with E-state index in [-0.39, 0.29) is 23.8 Å². The van der Waals surface area contributed by atoms with Crippen molar-refractivity contribution < 1.29 is 9.59 Å². The lowest BCUT2D eigenvalue weighted by atomic mass is 10.0. The van der Waals surface area contributed by atoms with Gasteiger partial charge in [-0.15, -0.1) is 0 Å². The molecule has 3 N–H and O–H groups in total. The van der Waals surface area contributed by atoms with Crippen LogP contribution in [0, 0.1) is 0 Å². The van der Waals surface area contributed by atoms with Crippen LogP contribution in [0.2, 0.25) is 0 Å². The summed E-state index contributed by atoms with van der Waals surface area (Å²) in [5, 5.41) is 9.18. The molecule has 2 atom stereocenters. The largest absolute Gasteiger partial charge is 0.353 e. The number of Topliss-reactive ketones (excluding diaryl/α,β-unsaturated/α-hetero) is 1.